The standard InChI is InChI=1S/C12H17NO2/c1-15-12-8-9(4-5-11(12)14)7-10-3-2-6-13-10/h4-5,8,10,13-14H,2-3,6-7H2,1H3. The van der Waals surface area contributed by atoms with Crippen LogP contribution in [0.25, 0.3) is 0 Å². The monoisotopic (exact) mass is 207 g/mol. The molecule has 1 heterocycles. The third kappa shape index (κ3) is 2.42. The first-order valence-corrected chi connectivity index (χ1v) is 5.39. The zero-order chi connectivity index (χ0) is 10.7. The van der Waals surface area contributed by atoms with E-state index in [4.69, 9.17) is 4.74 Å². The van der Waals surface area contributed by atoms with Crippen LogP contribution in [0.2, 0.25) is 0 Å². The topological polar surface area (TPSA) is 41.5 Å². The number of phenolic OH excluding ortho intramolecular Hbond substituents is 1. The highest BCUT2D eigenvalue weighted by molar-refractivity contribution is 5.41. The van der Waals surface area contributed by atoms with Gasteiger partial charge in [0.15, 0.2) is 11.5 Å². The van der Waals surface area contributed by atoms with Gasteiger partial charge in [-0.25, -0.2) is 0 Å². The van der Waals surface area contributed by atoms with Crippen molar-refractivity contribution in [3.63, 3.8) is 0 Å². The Morgan fingerprint density at radius 1 is 1.53 bits per heavy atom. The highest BCUT2D eigenvalue weighted by Gasteiger charge is 2.15. The SMILES string of the molecule is COc1cc(CC2CCCN2)ccc1O. The van der Waals surface area contributed by atoms with Gasteiger partial charge in [-0.2, -0.15) is 0 Å². The fraction of sp³-hybridized carbons (Fsp3) is 0.500. The Morgan fingerprint density at radius 2 is 2.40 bits per heavy atom. The quantitative estimate of drug-likeness (QED) is 0.792. The van der Waals surface area contributed by atoms with Gasteiger partial charge in [0.2, 0.25) is 0 Å². The summed E-state index contributed by atoms with van der Waals surface area (Å²) >= 11 is 0. The predicted octanol–water partition coefficient (Wildman–Crippen LogP) is 1.70. The van der Waals surface area contributed by atoms with E-state index in [2.05, 4.69) is 5.32 Å². The van der Waals surface area contributed by atoms with E-state index in [1.165, 1.54) is 18.4 Å². The number of ether oxygens (including phenoxy) is 1. The molecule has 0 spiro atoms. The van der Waals surface area contributed by atoms with E-state index in [9.17, 15) is 5.11 Å². The molecule has 3 nitrogen and oxygen atoms in total. The molecular weight excluding hydrogens is 190 g/mol. The largest absolute Gasteiger partial charge is 0.504 e. The van der Waals surface area contributed by atoms with E-state index in [-0.39, 0.29) is 5.75 Å². The molecule has 1 fully saturated rings. The molecule has 1 saturated heterocycles. The maximum atomic E-state index is 9.46. The van der Waals surface area contributed by atoms with E-state index in [1.54, 1.807) is 13.2 Å². The van der Waals surface area contributed by atoms with Crippen LogP contribution in [-0.4, -0.2) is 24.8 Å². The van der Waals surface area contributed by atoms with Crippen molar-refractivity contribution in [3.05, 3.63) is 23.8 Å². The summed E-state index contributed by atoms with van der Waals surface area (Å²) in [4.78, 5) is 0. The number of aromatic hydroxyl groups is 1. The average molecular weight is 207 g/mol. The van der Waals surface area contributed by atoms with Gasteiger partial charge in [-0.3, -0.25) is 0 Å². The fourth-order valence-corrected chi connectivity index (χ4v) is 2.06. The Labute approximate surface area is 90.1 Å². The van der Waals surface area contributed by atoms with Gasteiger partial charge in [-0.1, -0.05) is 6.07 Å². The number of phenols is 1. The van der Waals surface area contributed by atoms with Crippen LogP contribution in [0.1, 0.15) is 18.4 Å². The van der Waals surface area contributed by atoms with E-state index >= 15 is 0 Å². The minimum absolute atomic E-state index is 0.209. The van der Waals surface area contributed by atoms with Crippen molar-refractivity contribution in [1.82, 2.24) is 5.32 Å². The maximum Gasteiger partial charge on any atom is 0.160 e. The Bertz CT molecular complexity index is 332. The molecule has 0 amide bonds. The smallest absolute Gasteiger partial charge is 0.160 e. The molecule has 0 bridgehead atoms. The summed E-state index contributed by atoms with van der Waals surface area (Å²) in [6.07, 6.45) is 3.51. The summed E-state index contributed by atoms with van der Waals surface area (Å²) in [5.41, 5.74) is 1.21. The van der Waals surface area contributed by atoms with Gasteiger partial charge >= 0.3 is 0 Å². The van der Waals surface area contributed by atoms with Crippen LogP contribution in [0.4, 0.5) is 0 Å². The minimum Gasteiger partial charge on any atom is -0.504 e. The van der Waals surface area contributed by atoms with Crippen molar-refractivity contribution in [2.75, 3.05) is 13.7 Å². The van der Waals surface area contributed by atoms with Gasteiger partial charge in [0.1, 0.15) is 0 Å². The molecule has 1 aliphatic rings. The van der Waals surface area contributed by atoms with Crippen LogP contribution in [-0.2, 0) is 6.42 Å². The fourth-order valence-electron chi connectivity index (χ4n) is 2.06. The zero-order valence-electron chi connectivity index (χ0n) is 8.99. The summed E-state index contributed by atoms with van der Waals surface area (Å²) in [5.74, 6) is 0.770. The predicted molar refractivity (Wildman–Crippen MR) is 59.4 cm³/mol. The van der Waals surface area contributed by atoms with Crippen molar-refractivity contribution in [2.24, 2.45) is 0 Å². The number of benzene rings is 1. The lowest BCUT2D eigenvalue weighted by molar-refractivity contribution is 0.372. The van der Waals surface area contributed by atoms with Crippen LogP contribution in [0, 0.1) is 0 Å². The summed E-state index contributed by atoms with van der Waals surface area (Å²) in [7, 11) is 1.58. The lowest BCUT2D eigenvalue weighted by atomic mass is 10.0. The van der Waals surface area contributed by atoms with Crippen molar-refractivity contribution in [1.29, 1.82) is 0 Å². The molecule has 0 aliphatic carbocycles. The Kier molecular flexibility index (Phi) is 3.11. The summed E-state index contributed by atoms with van der Waals surface area (Å²) in [5, 5.41) is 12.9. The first-order chi connectivity index (χ1) is 7.29. The van der Waals surface area contributed by atoms with Crippen molar-refractivity contribution in [3.8, 4) is 11.5 Å². The lowest BCUT2D eigenvalue weighted by Gasteiger charge is -2.11. The normalized spacial score (nSPS) is 20.5. The van der Waals surface area contributed by atoms with Crippen LogP contribution in [0.15, 0.2) is 18.2 Å². The van der Waals surface area contributed by atoms with Crippen LogP contribution in [0.3, 0.4) is 0 Å². The van der Waals surface area contributed by atoms with Crippen molar-refractivity contribution < 1.29 is 9.84 Å². The first-order valence-electron chi connectivity index (χ1n) is 5.39. The summed E-state index contributed by atoms with van der Waals surface area (Å²) in [6.45, 7) is 1.12. The van der Waals surface area contributed by atoms with Gasteiger partial charge in [0, 0.05) is 6.04 Å². The molecule has 82 valence electrons. The van der Waals surface area contributed by atoms with Crippen molar-refractivity contribution >= 4 is 0 Å². The van der Waals surface area contributed by atoms with E-state index in [0.717, 1.165) is 13.0 Å². The second-order valence-corrected chi connectivity index (χ2v) is 4.00. The molecule has 0 saturated carbocycles. The second-order valence-electron chi connectivity index (χ2n) is 4.00. The number of hydrogen-bond acceptors (Lipinski definition) is 3. The lowest BCUT2D eigenvalue weighted by Crippen LogP contribution is -2.23. The third-order valence-electron chi connectivity index (χ3n) is 2.89. The van der Waals surface area contributed by atoms with E-state index in [1.807, 2.05) is 12.1 Å². The van der Waals surface area contributed by atoms with Crippen molar-refractivity contribution in [2.45, 2.75) is 25.3 Å². The molecular formula is C12H17NO2. The number of methoxy groups -OCH3 is 1. The molecule has 15 heavy (non-hydrogen) atoms. The molecule has 0 aromatic heterocycles. The van der Waals surface area contributed by atoms with Gasteiger partial charge in [0.25, 0.3) is 0 Å². The second kappa shape index (κ2) is 4.53. The van der Waals surface area contributed by atoms with E-state index in [0.29, 0.717) is 11.8 Å². The molecule has 1 aromatic carbocycles. The highest BCUT2D eigenvalue weighted by atomic mass is 16.5. The van der Waals surface area contributed by atoms with Crippen LogP contribution < -0.4 is 10.1 Å². The van der Waals surface area contributed by atoms with Gasteiger partial charge in [-0.15, -0.1) is 0 Å². The Morgan fingerprint density at radius 3 is 3.07 bits per heavy atom. The average Bonchev–Trinajstić information content (AvgIpc) is 2.73. The summed E-state index contributed by atoms with van der Waals surface area (Å²) in [6, 6.07) is 6.15. The number of nitrogens with one attached hydrogen (secondary N) is 1. The third-order valence-corrected chi connectivity index (χ3v) is 2.89. The van der Waals surface area contributed by atoms with Gasteiger partial charge in [0.05, 0.1) is 7.11 Å². The van der Waals surface area contributed by atoms with Crippen LogP contribution >= 0.6 is 0 Å². The van der Waals surface area contributed by atoms with Gasteiger partial charge in [-0.05, 0) is 43.5 Å². The molecule has 1 aromatic rings. The molecule has 3 heteroatoms. The van der Waals surface area contributed by atoms with E-state index < -0.39 is 0 Å². The zero-order valence-corrected chi connectivity index (χ0v) is 8.99. The number of rotatable bonds is 3. The minimum atomic E-state index is 0.209. The number of hydrogen-bond donors (Lipinski definition) is 2. The molecule has 1 atom stereocenters. The molecule has 2 N–H and O–H groups in total. The summed E-state index contributed by atoms with van der Waals surface area (Å²) < 4.78 is 5.08. The Balaban J connectivity index is 2.07. The molecule has 0 radical (unpaired) electrons. The molecule has 1 aliphatic heterocycles. The van der Waals surface area contributed by atoms with Crippen LogP contribution in [0.5, 0.6) is 11.5 Å². The Hall–Kier alpha value is -1.22. The van der Waals surface area contributed by atoms with Gasteiger partial charge < -0.3 is 15.2 Å². The molecule has 2 rings (SSSR count). The molecule has 1 unspecified atom stereocenters. The highest BCUT2D eigenvalue weighted by Crippen LogP contribution is 2.27. The maximum absolute atomic E-state index is 9.46. The first kappa shape index (κ1) is 10.3.